The van der Waals surface area contributed by atoms with Gasteiger partial charge in [-0.25, -0.2) is 0 Å². The Kier molecular flexibility index (Phi) is 13.9. The number of carbonyl (C=O) groups is 4. The zero-order valence-corrected chi connectivity index (χ0v) is 23.2. The lowest BCUT2D eigenvalue weighted by atomic mass is 10.0. The van der Waals surface area contributed by atoms with Crippen LogP contribution in [0.5, 0.6) is 0 Å². The topological polar surface area (TPSA) is 177 Å². The van der Waals surface area contributed by atoms with Gasteiger partial charge in [0.25, 0.3) is 0 Å². The molecule has 0 fully saturated rings. The molecule has 14 heteroatoms. The molecule has 4 amide bonds. The van der Waals surface area contributed by atoms with Crippen molar-refractivity contribution in [2.24, 2.45) is 17.2 Å². The number of amides is 4. The Labute approximate surface area is 242 Å². The van der Waals surface area contributed by atoms with Gasteiger partial charge in [-0.05, 0) is 42.7 Å². The molecule has 2 atom stereocenters. The smallest absolute Gasteiger partial charge is 0.353 e. The Hall–Kier alpha value is -4.01. The van der Waals surface area contributed by atoms with Gasteiger partial charge in [-0.2, -0.15) is 13.2 Å². The van der Waals surface area contributed by atoms with Crippen LogP contribution in [-0.2, 0) is 31.8 Å². The number of benzene rings is 2. The molecule has 0 unspecified atom stereocenters. The number of nitrogens with two attached hydrogens (primary N) is 3. The number of hydrogen-bond donors (Lipinski definition) is 5. The maximum absolute atomic E-state index is 13.1. The third-order valence-corrected chi connectivity index (χ3v) is 6.38. The number of nitrogens with zero attached hydrogens (tertiary/aromatic N) is 2. The Morgan fingerprint density at radius 2 is 1.52 bits per heavy atom. The quantitative estimate of drug-likeness (QED) is 0.165. The van der Waals surface area contributed by atoms with E-state index in [4.69, 9.17) is 17.2 Å². The van der Waals surface area contributed by atoms with Crippen LogP contribution in [0.25, 0.3) is 0 Å². The monoisotopic (exact) mass is 593 g/mol. The summed E-state index contributed by atoms with van der Waals surface area (Å²) in [6.45, 7) is 0.873. The van der Waals surface area contributed by atoms with Crippen LogP contribution in [0.2, 0.25) is 0 Å². The fraction of sp³-hybridized carbons (Fsp3) is 0.429. The summed E-state index contributed by atoms with van der Waals surface area (Å²) in [6, 6.07) is 11.1. The molecule has 11 nitrogen and oxygen atoms in total. The van der Waals surface area contributed by atoms with Gasteiger partial charge in [0.1, 0.15) is 6.04 Å². The summed E-state index contributed by atoms with van der Waals surface area (Å²) in [4.78, 5) is 52.7. The molecule has 0 spiro atoms. The number of anilines is 1. The van der Waals surface area contributed by atoms with E-state index >= 15 is 0 Å². The molecule has 0 saturated heterocycles. The predicted octanol–water partition coefficient (Wildman–Crippen LogP) is 0.365. The molecular formula is C28H38F3N7O4. The second-order valence-electron chi connectivity index (χ2n) is 9.49. The summed E-state index contributed by atoms with van der Waals surface area (Å²) in [5.41, 5.74) is 17.4. The van der Waals surface area contributed by atoms with Crippen LogP contribution in [0.15, 0.2) is 54.6 Å². The van der Waals surface area contributed by atoms with Crippen molar-refractivity contribution < 1.29 is 32.3 Å². The molecule has 2 rings (SSSR count). The normalized spacial score (nSPS) is 12.6. The molecule has 0 aromatic heterocycles. The Morgan fingerprint density at radius 1 is 0.905 bits per heavy atom. The van der Waals surface area contributed by atoms with Gasteiger partial charge < -0.3 is 37.6 Å². The molecule has 0 aliphatic rings. The highest BCUT2D eigenvalue weighted by atomic mass is 19.4. The fourth-order valence-corrected chi connectivity index (χ4v) is 4.09. The number of nitrogens with one attached hydrogen (secondary N) is 2. The second-order valence-corrected chi connectivity index (χ2v) is 9.49. The lowest BCUT2D eigenvalue weighted by Gasteiger charge is -2.24. The standard InChI is InChI=1S/C28H38F3N7O4/c29-28(30,31)21-7-9-22(10-8-21)38(19-39)17-14-35-27(42)24(11-6-20-4-2-1-3-5-20)36-26(41)23(34)18-25(40)37(15-12-32)16-13-33/h1-5,7-10,19,23-24H,6,11-18,32-34H2,(H,35,42)(H,36,41)/t23-,24-/m0/s1. The summed E-state index contributed by atoms with van der Waals surface area (Å²) < 4.78 is 38.5. The third kappa shape index (κ3) is 11.1. The van der Waals surface area contributed by atoms with Gasteiger partial charge in [-0.15, -0.1) is 0 Å². The van der Waals surface area contributed by atoms with E-state index in [1.807, 2.05) is 30.3 Å². The Balaban J connectivity index is 2.03. The van der Waals surface area contributed by atoms with Crippen LogP contribution >= 0.6 is 0 Å². The number of carbonyl (C=O) groups excluding carboxylic acids is 4. The molecule has 0 radical (unpaired) electrons. The van der Waals surface area contributed by atoms with E-state index in [9.17, 15) is 32.3 Å². The van der Waals surface area contributed by atoms with E-state index in [-0.39, 0.29) is 57.8 Å². The Bertz CT molecular complexity index is 1140. The van der Waals surface area contributed by atoms with Gasteiger partial charge in [0.2, 0.25) is 24.1 Å². The van der Waals surface area contributed by atoms with Crippen molar-refractivity contribution in [3.05, 3.63) is 65.7 Å². The minimum absolute atomic E-state index is 0.0356. The van der Waals surface area contributed by atoms with Gasteiger partial charge >= 0.3 is 6.18 Å². The molecule has 42 heavy (non-hydrogen) atoms. The molecule has 0 saturated carbocycles. The first-order valence-electron chi connectivity index (χ1n) is 13.4. The van der Waals surface area contributed by atoms with E-state index in [1.54, 1.807) is 0 Å². The highest BCUT2D eigenvalue weighted by molar-refractivity contribution is 5.92. The number of alkyl halides is 3. The van der Waals surface area contributed by atoms with E-state index in [0.717, 1.165) is 34.7 Å². The molecule has 8 N–H and O–H groups in total. The van der Waals surface area contributed by atoms with Crippen LogP contribution in [0, 0.1) is 0 Å². The summed E-state index contributed by atoms with van der Waals surface area (Å²) in [5.74, 6) is -1.64. The lowest BCUT2D eigenvalue weighted by molar-refractivity contribution is -0.137. The molecule has 0 aliphatic carbocycles. The number of aryl methyl sites for hydroxylation is 1. The highest BCUT2D eigenvalue weighted by Gasteiger charge is 2.30. The van der Waals surface area contributed by atoms with Crippen LogP contribution in [0.3, 0.4) is 0 Å². The summed E-state index contributed by atoms with van der Waals surface area (Å²) in [5, 5.41) is 5.26. The SMILES string of the molecule is NCCN(CCN)C(=O)C[C@H](N)C(=O)N[C@@H](CCc1ccccc1)C(=O)NCCN(C=O)c1ccc(C(F)(F)F)cc1. The number of hydrogen-bond acceptors (Lipinski definition) is 7. The molecule has 0 aliphatic heterocycles. The van der Waals surface area contributed by atoms with Gasteiger partial charge in [-0.1, -0.05) is 30.3 Å². The lowest BCUT2D eigenvalue weighted by Crippen LogP contribution is -2.53. The average molecular weight is 594 g/mol. The average Bonchev–Trinajstić information content (AvgIpc) is 2.97. The van der Waals surface area contributed by atoms with Crippen molar-refractivity contribution in [2.45, 2.75) is 37.5 Å². The number of halogens is 3. The second kappa shape index (κ2) is 17.1. The van der Waals surface area contributed by atoms with E-state index in [0.29, 0.717) is 12.8 Å². The van der Waals surface area contributed by atoms with Gasteiger partial charge in [0, 0.05) is 45.0 Å². The Morgan fingerprint density at radius 3 is 2.07 bits per heavy atom. The van der Waals surface area contributed by atoms with Crippen LogP contribution in [-0.4, -0.2) is 80.4 Å². The third-order valence-electron chi connectivity index (χ3n) is 6.38. The minimum Gasteiger partial charge on any atom is -0.353 e. The zero-order chi connectivity index (χ0) is 31.1. The summed E-state index contributed by atoms with van der Waals surface area (Å²) >= 11 is 0. The van der Waals surface area contributed by atoms with Crippen molar-refractivity contribution in [2.75, 3.05) is 44.2 Å². The van der Waals surface area contributed by atoms with Crippen LogP contribution in [0.4, 0.5) is 18.9 Å². The van der Waals surface area contributed by atoms with Crippen molar-refractivity contribution in [1.29, 1.82) is 0 Å². The first-order valence-corrected chi connectivity index (χ1v) is 13.4. The number of rotatable bonds is 17. The summed E-state index contributed by atoms with van der Waals surface area (Å²) in [6.07, 6.45) is -3.72. The van der Waals surface area contributed by atoms with Crippen LogP contribution < -0.4 is 32.7 Å². The molecular weight excluding hydrogens is 555 g/mol. The van der Waals surface area contributed by atoms with E-state index in [1.165, 1.54) is 4.90 Å². The van der Waals surface area contributed by atoms with Crippen molar-refractivity contribution in [3.63, 3.8) is 0 Å². The minimum atomic E-state index is -4.51. The van der Waals surface area contributed by atoms with Crippen molar-refractivity contribution in [3.8, 4) is 0 Å². The van der Waals surface area contributed by atoms with Gasteiger partial charge in [0.05, 0.1) is 18.0 Å². The van der Waals surface area contributed by atoms with Gasteiger partial charge in [0.15, 0.2) is 0 Å². The largest absolute Gasteiger partial charge is 0.416 e. The maximum Gasteiger partial charge on any atom is 0.416 e. The van der Waals surface area contributed by atoms with E-state index < -0.39 is 41.5 Å². The molecule has 2 aromatic rings. The maximum atomic E-state index is 13.1. The van der Waals surface area contributed by atoms with Crippen molar-refractivity contribution >= 4 is 29.8 Å². The van der Waals surface area contributed by atoms with Crippen molar-refractivity contribution in [1.82, 2.24) is 15.5 Å². The molecule has 230 valence electrons. The van der Waals surface area contributed by atoms with E-state index in [2.05, 4.69) is 10.6 Å². The highest BCUT2D eigenvalue weighted by Crippen LogP contribution is 2.30. The molecule has 0 bridgehead atoms. The molecule has 0 heterocycles. The predicted molar refractivity (Wildman–Crippen MR) is 152 cm³/mol. The fourth-order valence-electron chi connectivity index (χ4n) is 4.09. The van der Waals surface area contributed by atoms with Gasteiger partial charge in [-0.3, -0.25) is 19.2 Å². The zero-order valence-electron chi connectivity index (χ0n) is 23.2. The first-order chi connectivity index (χ1) is 20.0. The first kappa shape index (κ1) is 34.2. The summed E-state index contributed by atoms with van der Waals surface area (Å²) in [7, 11) is 0. The van der Waals surface area contributed by atoms with Crippen LogP contribution in [0.1, 0.15) is 24.0 Å². The molecule has 2 aromatic carbocycles.